The summed E-state index contributed by atoms with van der Waals surface area (Å²) in [5.74, 6) is 0. The molecule has 0 radical (unpaired) electrons. The third-order valence-corrected chi connectivity index (χ3v) is 12.3. The summed E-state index contributed by atoms with van der Waals surface area (Å²) in [5, 5.41) is 7.57. The van der Waals surface area contributed by atoms with Gasteiger partial charge in [0.2, 0.25) is 0 Å². The maximum absolute atomic E-state index is 5.03. The molecule has 0 amide bonds. The van der Waals surface area contributed by atoms with E-state index in [0.717, 1.165) is 28.2 Å². The molecule has 2 heteroatoms. The second kappa shape index (κ2) is 13.9. The van der Waals surface area contributed by atoms with E-state index in [1.165, 1.54) is 93.5 Å². The van der Waals surface area contributed by atoms with E-state index in [2.05, 4.69) is 193 Å². The molecule has 0 spiro atoms. The van der Waals surface area contributed by atoms with Crippen LogP contribution in [0.3, 0.4) is 0 Å². The van der Waals surface area contributed by atoms with E-state index in [1.807, 2.05) is 30.5 Å². The van der Waals surface area contributed by atoms with Gasteiger partial charge in [-0.05, 0) is 129 Å². The van der Waals surface area contributed by atoms with Gasteiger partial charge in [0.15, 0.2) is 0 Å². The lowest BCUT2D eigenvalue weighted by atomic mass is 9.82. The zero-order chi connectivity index (χ0) is 39.6. The summed E-state index contributed by atoms with van der Waals surface area (Å²) < 4.78 is 0. The molecule has 60 heavy (non-hydrogen) atoms. The number of hydrogen-bond acceptors (Lipinski definition) is 2. The summed E-state index contributed by atoms with van der Waals surface area (Å²) in [6.45, 7) is 0. The van der Waals surface area contributed by atoms with Crippen molar-refractivity contribution in [1.29, 1.82) is 0 Å². The van der Waals surface area contributed by atoms with Crippen LogP contribution in [0.4, 0.5) is 0 Å². The number of pyridine rings is 2. The Morgan fingerprint density at radius 1 is 0.250 bits per heavy atom. The molecule has 9 aromatic carbocycles. The first kappa shape index (κ1) is 34.1. The van der Waals surface area contributed by atoms with Crippen molar-refractivity contribution in [1.82, 2.24) is 9.97 Å². The van der Waals surface area contributed by atoms with Crippen LogP contribution in [0.5, 0.6) is 0 Å². The van der Waals surface area contributed by atoms with Crippen LogP contribution in [0.15, 0.2) is 219 Å². The highest BCUT2D eigenvalue weighted by atomic mass is 14.8. The predicted molar refractivity (Wildman–Crippen MR) is 252 cm³/mol. The Morgan fingerprint density at radius 3 is 1.40 bits per heavy atom. The van der Waals surface area contributed by atoms with Gasteiger partial charge in [0, 0.05) is 11.8 Å². The van der Waals surface area contributed by atoms with Gasteiger partial charge in [-0.2, -0.15) is 0 Å². The highest BCUT2D eigenvalue weighted by molar-refractivity contribution is 6.29. The third-order valence-electron chi connectivity index (χ3n) is 12.3. The Bertz CT molecular complexity index is 3370. The average Bonchev–Trinajstić information content (AvgIpc) is 3.66. The Morgan fingerprint density at radius 2 is 0.717 bits per heavy atom. The first-order valence-electron chi connectivity index (χ1n) is 20.6. The standard InChI is InChI=1S/C58H36N2/c1-3-16-37(17-4-1)54-47-24-9-10-25-48(47)55(38-18-5-2-6-19-38)58-50-34-33-45(46-26-14-27-49(56(46)50)57(54)58)44-32-31-41(42-22-7-8-23-43(42)44)39-20-13-21-40(36-39)51-29-15-30-53(60-51)52-28-11-12-35-59-52/h1-36H. The van der Waals surface area contributed by atoms with Gasteiger partial charge in [-0.25, -0.2) is 4.98 Å². The van der Waals surface area contributed by atoms with Crippen LogP contribution in [0.1, 0.15) is 0 Å². The number of hydrogen-bond donors (Lipinski definition) is 0. The molecule has 0 bridgehead atoms. The summed E-state index contributed by atoms with van der Waals surface area (Å²) in [5.41, 5.74) is 18.8. The van der Waals surface area contributed by atoms with Gasteiger partial charge in [0.1, 0.15) is 0 Å². The van der Waals surface area contributed by atoms with Crippen molar-refractivity contribution in [3.8, 4) is 89.4 Å². The number of nitrogens with zero attached hydrogens (tertiary/aromatic N) is 2. The summed E-state index contributed by atoms with van der Waals surface area (Å²) in [7, 11) is 0. The van der Waals surface area contributed by atoms with Crippen molar-refractivity contribution in [2.75, 3.05) is 0 Å². The van der Waals surface area contributed by atoms with Crippen LogP contribution in [0.25, 0.3) is 122 Å². The summed E-state index contributed by atoms with van der Waals surface area (Å²) in [4.78, 5) is 9.57. The van der Waals surface area contributed by atoms with Crippen molar-refractivity contribution >= 4 is 32.3 Å². The van der Waals surface area contributed by atoms with Gasteiger partial charge in [-0.15, -0.1) is 0 Å². The molecule has 278 valence electrons. The maximum atomic E-state index is 5.03. The summed E-state index contributed by atoms with van der Waals surface area (Å²) >= 11 is 0. The minimum Gasteiger partial charge on any atom is -0.255 e. The molecule has 0 saturated carbocycles. The Kier molecular flexibility index (Phi) is 7.89. The van der Waals surface area contributed by atoms with Crippen molar-refractivity contribution < 1.29 is 0 Å². The lowest BCUT2D eigenvalue weighted by Gasteiger charge is -2.20. The highest BCUT2D eigenvalue weighted by Crippen LogP contribution is 2.58. The molecule has 0 fully saturated rings. The number of benzene rings is 9. The molecule has 0 N–H and O–H groups in total. The van der Waals surface area contributed by atoms with E-state index in [-0.39, 0.29) is 0 Å². The molecular formula is C58H36N2. The summed E-state index contributed by atoms with van der Waals surface area (Å²) in [6.07, 6.45) is 1.81. The topological polar surface area (TPSA) is 25.8 Å². The number of fused-ring (bicyclic) bond motifs is 5. The lowest BCUT2D eigenvalue weighted by molar-refractivity contribution is 1.25. The fourth-order valence-corrected chi connectivity index (χ4v) is 9.73. The van der Waals surface area contributed by atoms with Crippen LogP contribution in [0, 0.1) is 0 Å². The molecule has 0 aliphatic heterocycles. The second-order valence-electron chi connectivity index (χ2n) is 15.6. The van der Waals surface area contributed by atoms with Gasteiger partial charge >= 0.3 is 0 Å². The SMILES string of the molecule is c1ccc(-c2c3c(c(-c4ccccc4)c4ccccc24)-c2ccc(-c4ccc(-c5cccc(-c6cccc(-c7ccccn7)n6)c5)c5ccccc45)c4cccc-3c24)cc1. The van der Waals surface area contributed by atoms with Crippen molar-refractivity contribution in [2.45, 2.75) is 0 Å². The Balaban J connectivity index is 1.05. The highest BCUT2D eigenvalue weighted by Gasteiger charge is 2.31. The van der Waals surface area contributed by atoms with Gasteiger partial charge in [0.05, 0.1) is 17.1 Å². The van der Waals surface area contributed by atoms with E-state index in [9.17, 15) is 0 Å². The number of aromatic nitrogens is 2. The molecule has 12 rings (SSSR count). The van der Waals surface area contributed by atoms with E-state index < -0.39 is 0 Å². The minimum absolute atomic E-state index is 0.864. The van der Waals surface area contributed by atoms with Gasteiger partial charge in [-0.3, -0.25) is 4.98 Å². The molecule has 1 aliphatic rings. The second-order valence-corrected chi connectivity index (χ2v) is 15.6. The van der Waals surface area contributed by atoms with Crippen molar-refractivity contribution in [2.24, 2.45) is 0 Å². The molecule has 0 unspecified atom stereocenters. The first-order chi connectivity index (χ1) is 29.8. The van der Waals surface area contributed by atoms with Gasteiger partial charge in [-0.1, -0.05) is 182 Å². The van der Waals surface area contributed by atoms with Crippen LogP contribution in [0.2, 0.25) is 0 Å². The maximum Gasteiger partial charge on any atom is 0.0893 e. The minimum atomic E-state index is 0.864. The van der Waals surface area contributed by atoms with E-state index in [4.69, 9.17) is 4.98 Å². The van der Waals surface area contributed by atoms with E-state index in [0.29, 0.717) is 0 Å². The quantitative estimate of drug-likeness (QED) is 0.169. The van der Waals surface area contributed by atoms with E-state index >= 15 is 0 Å². The Labute approximate surface area is 348 Å². The van der Waals surface area contributed by atoms with Crippen LogP contribution in [-0.2, 0) is 0 Å². The molecular weight excluding hydrogens is 725 g/mol. The largest absolute Gasteiger partial charge is 0.255 e. The van der Waals surface area contributed by atoms with E-state index in [1.54, 1.807) is 0 Å². The fraction of sp³-hybridized carbons (Fsp3) is 0. The normalized spacial score (nSPS) is 11.7. The smallest absolute Gasteiger partial charge is 0.0893 e. The molecule has 2 aromatic heterocycles. The average molecular weight is 761 g/mol. The molecule has 2 nitrogen and oxygen atoms in total. The third kappa shape index (κ3) is 5.35. The zero-order valence-electron chi connectivity index (χ0n) is 32.7. The van der Waals surface area contributed by atoms with Crippen molar-refractivity contribution in [3.05, 3.63) is 219 Å². The number of rotatable bonds is 6. The molecule has 0 atom stereocenters. The Hall–Kier alpha value is -7.94. The van der Waals surface area contributed by atoms with Crippen LogP contribution in [-0.4, -0.2) is 9.97 Å². The molecule has 2 heterocycles. The first-order valence-corrected chi connectivity index (χ1v) is 20.6. The zero-order valence-corrected chi connectivity index (χ0v) is 32.7. The summed E-state index contributed by atoms with van der Waals surface area (Å²) in [6, 6.07) is 76.9. The lowest BCUT2D eigenvalue weighted by Crippen LogP contribution is -1.93. The van der Waals surface area contributed by atoms with Crippen molar-refractivity contribution in [3.63, 3.8) is 0 Å². The molecule has 1 aliphatic carbocycles. The van der Waals surface area contributed by atoms with Crippen LogP contribution < -0.4 is 0 Å². The van der Waals surface area contributed by atoms with Gasteiger partial charge < -0.3 is 0 Å². The predicted octanol–water partition coefficient (Wildman–Crippen LogP) is 15.6. The van der Waals surface area contributed by atoms with Crippen LogP contribution >= 0.6 is 0 Å². The molecule has 11 aromatic rings. The fourth-order valence-electron chi connectivity index (χ4n) is 9.73. The van der Waals surface area contributed by atoms with Gasteiger partial charge in [0.25, 0.3) is 0 Å². The molecule has 0 saturated heterocycles. The monoisotopic (exact) mass is 760 g/mol.